The van der Waals surface area contributed by atoms with Crippen LogP contribution in [0.3, 0.4) is 0 Å². The Labute approximate surface area is 267 Å². The smallest absolute Gasteiger partial charge is 0.276 e. The van der Waals surface area contributed by atoms with Crippen molar-refractivity contribution in [3.8, 4) is 17.0 Å². The number of aliphatic hydroxyl groups is 1. The quantitative estimate of drug-likeness (QED) is 0.258. The monoisotopic (exact) mass is 624 g/mol. The van der Waals surface area contributed by atoms with Gasteiger partial charge in [0, 0.05) is 69.4 Å². The minimum atomic E-state index is -0.317. The molecule has 0 saturated carbocycles. The number of nitrogens with zero attached hydrogens (tertiary/aromatic N) is 6. The summed E-state index contributed by atoms with van der Waals surface area (Å²) in [5.74, 6) is 1.15. The van der Waals surface area contributed by atoms with Crippen molar-refractivity contribution in [2.45, 2.75) is 46.8 Å². The number of likely N-dealkylation sites (N-methyl/N-ethyl adjacent to an activating group) is 1. The topological polar surface area (TPSA) is 142 Å². The van der Waals surface area contributed by atoms with Crippen molar-refractivity contribution < 1.29 is 19.4 Å². The van der Waals surface area contributed by atoms with Crippen molar-refractivity contribution in [2.24, 2.45) is 12.5 Å². The van der Waals surface area contributed by atoms with Crippen LogP contribution in [0.25, 0.3) is 11.1 Å². The van der Waals surface area contributed by atoms with Crippen molar-refractivity contribution >= 4 is 29.1 Å². The number of aliphatic hydroxyl groups excluding tert-OH is 1. The number of nitrogens with one attached hydrogen (secondary N) is 2. The van der Waals surface area contributed by atoms with E-state index in [1.54, 1.807) is 52.9 Å². The number of aromatic nitrogens is 4. The first-order valence-corrected chi connectivity index (χ1v) is 15.4. The van der Waals surface area contributed by atoms with E-state index in [0.717, 1.165) is 18.4 Å². The lowest BCUT2D eigenvalue weighted by molar-refractivity contribution is -0.127. The average molecular weight is 625 g/mol. The summed E-state index contributed by atoms with van der Waals surface area (Å²) in [7, 11) is 3.49. The zero-order valence-corrected chi connectivity index (χ0v) is 26.9. The molecule has 0 aromatic carbocycles. The third-order valence-electron chi connectivity index (χ3n) is 8.82. The van der Waals surface area contributed by atoms with Gasteiger partial charge >= 0.3 is 0 Å². The molecule has 5 heterocycles. The molecule has 4 aromatic rings. The number of fused-ring (bicyclic) bond motifs is 3. The summed E-state index contributed by atoms with van der Waals surface area (Å²) in [4.78, 5) is 37.6. The normalized spacial score (nSPS) is 15.0. The number of ether oxygens (including phenoxy) is 1. The van der Waals surface area contributed by atoms with E-state index >= 15 is 0 Å². The van der Waals surface area contributed by atoms with Crippen LogP contribution in [0.5, 0.6) is 5.88 Å². The fourth-order valence-corrected chi connectivity index (χ4v) is 6.37. The van der Waals surface area contributed by atoms with Crippen LogP contribution in [-0.2, 0) is 37.8 Å². The van der Waals surface area contributed by atoms with E-state index in [-0.39, 0.29) is 29.3 Å². The largest absolute Gasteiger partial charge is 0.476 e. The molecule has 0 radical (unpaired) electrons. The van der Waals surface area contributed by atoms with Gasteiger partial charge in [-0.2, -0.15) is 4.98 Å². The van der Waals surface area contributed by atoms with Crippen LogP contribution in [0.2, 0.25) is 0 Å². The number of carbonyl (C=O) groups is 2. The maximum absolute atomic E-state index is 13.8. The molecule has 0 bridgehead atoms. The highest BCUT2D eigenvalue weighted by Crippen LogP contribution is 2.40. The van der Waals surface area contributed by atoms with Gasteiger partial charge in [0.1, 0.15) is 29.4 Å². The van der Waals surface area contributed by atoms with Gasteiger partial charge in [0.05, 0.1) is 18.8 Å². The van der Waals surface area contributed by atoms with Crippen LogP contribution in [0, 0.1) is 10.8 Å². The molecule has 4 aromatic heterocycles. The third-order valence-corrected chi connectivity index (χ3v) is 8.82. The second-order valence-electron chi connectivity index (χ2n) is 12.8. The molecule has 0 spiro atoms. The van der Waals surface area contributed by atoms with Gasteiger partial charge < -0.3 is 29.2 Å². The first-order valence-electron chi connectivity index (χ1n) is 15.4. The lowest BCUT2D eigenvalue weighted by Gasteiger charge is -2.31. The molecule has 0 saturated heterocycles. The molecule has 3 N–H and O–H groups in total. The van der Waals surface area contributed by atoms with Crippen molar-refractivity contribution in [1.29, 1.82) is 5.41 Å². The molecular weight excluding hydrogens is 584 g/mol. The average Bonchev–Trinajstić information content (AvgIpc) is 3.51. The highest BCUT2D eigenvalue weighted by molar-refractivity contribution is 6.06. The Morgan fingerprint density at radius 2 is 2.00 bits per heavy atom. The Kier molecular flexibility index (Phi) is 8.15. The summed E-state index contributed by atoms with van der Waals surface area (Å²) < 4.78 is 9.59. The van der Waals surface area contributed by atoms with Gasteiger partial charge in [-0.15, -0.1) is 0 Å². The molecule has 240 valence electrons. The van der Waals surface area contributed by atoms with E-state index in [0.29, 0.717) is 66.3 Å². The van der Waals surface area contributed by atoms with E-state index in [9.17, 15) is 14.7 Å². The zero-order valence-electron chi connectivity index (χ0n) is 26.9. The van der Waals surface area contributed by atoms with E-state index in [1.165, 1.54) is 18.2 Å². The summed E-state index contributed by atoms with van der Waals surface area (Å²) in [6.07, 6.45) is 5.38. The van der Waals surface area contributed by atoms with Gasteiger partial charge in [-0.1, -0.05) is 19.9 Å². The Hall–Kier alpha value is -4.97. The van der Waals surface area contributed by atoms with Crippen molar-refractivity contribution in [3.63, 3.8) is 0 Å². The molecule has 6 rings (SSSR count). The highest BCUT2D eigenvalue weighted by Gasteiger charge is 2.37. The SMILES string of the molecule is CC(=O)N(C)CCOc1cccc(Nc2cc(-c3ccnc(N4CCn5c(cc6c5CC(C)(C)C6)C4=O)c3CO)cn(C)c2=N)n1. The number of amides is 2. The maximum atomic E-state index is 13.8. The van der Waals surface area contributed by atoms with Gasteiger partial charge in [-0.05, 0) is 53.6 Å². The van der Waals surface area contributed by atoms with Gasteiger partial charge in [0.15, 0.2) is 0 Å². The van der Waals surface area contributed by atoms with Gasteiger partial charge in [0.25, 0.3) is 5.91 Å². The second-order valence-corrected chi connectivity index (χ2v) is 12.8. The molecule has 0 unspecified atom stereocenters. The zero-order chi connectivity index (χ0) is 32.7. The number of rotatable bonds is 9. The van der Waals surface area contributed by atoms with Crippen molar-refractivity contribution in [1.82, 2.24) is 24.0 Å². The highest BCUT2D eigenvalue weighted by atomic mass is 16.5. The number of pyridine rings is 3. The summed E-state index contributed by atoms with van der Waals surface area (Å²) in [5, 5.41) is 22.6. The molecule has 0 atom stereocenters. The standard InChI is InChI=1S/C34H40N8O4/c1-21(44)39(4)13-14-46-30-8-6-7-29(38-30)37-26-15-23(19-40(5)31(26)35)24-9-10-36-32(25(24)20-43)42-12-11-41-27(33(42)45)16-22-17-34(2,3)18-28(22)41/h6-10,15-16,19,35,43H,11-14,17-18,20H2,1-5H3,(H,37,38). The van der Waals surface area contributed by atoms with Crippen LogP contribution in [0.1, 0.15) is 48.1 Å². The number of hydrogen-bond donors (Lipinski definition) is 3. The van der Waals surface area contributed by atoms with Crippen LogP contribution in [0.15, 0.2) is 48.8 Å². The van der Waals surface area contributed by atoms with Gasteiger partial charge in [-0.25, -0.2) is 4.98 Å². The molecule has 1 aliphatic carbocycles. The summed E-state index contributed by atoms with van der Waals surface area (Å²) in [5.41, 5.74) is 6.08. The molecule has 12 nitrogen and oxygen atoms in total. The third kappa shape index (κ3) is 5.87. The van der Waals surface area contributed by atoms with Crippen LogP contribution >= 0.6 is 0 Å². The molecular formula is C34H40N8O4. The van der Waals surface area contributed by atoms with Crippen LogP contribution in [-0.4, -0.2) is 67.7 Å². The van der Waals surface area contributed by atoms with E-state index in [2.05, 4.69) is 33.7 Å². The lowest BCUT2D eigenvalue weighted by Crippen LogP contribution is -2.41. The lowest BCUT2D eigenvalue weighted by atomic mass is 9.90. The molecule has 2 amide bonds. The fraction of sp³-hybridized carbons (Fsp3) is 0.382. The van der Waals surface area contributed by atoms with Gasteiger partial charge in [0.2, 0.25) is 11.8 Å². The van der Waals surface area contributed by atoms with Crippen molar-refractivity contribution in [2.75, 3.05) is 37.0 Å². The number of aryl methyl sites for hydroxylation is 1. The summed E-state index contributed by atoms with van der Waals surface area (Å²) in [6.45, 7) is 7.55. The number of anilines is 3. The molecule has 46 heavy (non-hydrogen) atoms. The van der Waals surface area contributed by atoms with Crippen LogP contribution < -0.4 is 20.4 Å². The second kappa shape index (κ2) is 12.1. The first-order chi connectivity index (χ1) is 22.0. The Morgan fingerprint density at radius 3 is 2.76 bits per heavy atom. The van der Waals surface area contributed by atoms with Crippen LogP contribution in [0.4, 0.5) is 17.3 Å². The Balaban J connectivity index is 1.27. The Bertz CT molecular complexity index is 1890. The van der Waals surface area contributed by atoms with E-state index in [4.69, 9.17) is 10.1 Å². The van der Waals surface area contributed by atoms with Gasteiger partial charge in [-0.3, -0.25) is 19.9 Å². The molecule has 12 heteroatoms. The summed E-state index contributed by atoms with van der Waals surface area (Å²) in [6, 6.07) is 11.0. The molecule has 1 aliphatic heterocycles. The minimum absolute atomic E-state index is 0.0433. The van der Waals surface area contributed by atoms with E-state index in [1.807, 2.05) is 24.4 Å². The fourth-order valence-electron chi connectivity index (χ4n) is 6.37. The minimum Gasteiger partial charge on any atom is -0.476 e. The first kappa shape index (κ1) is 31.0. The predicted molar refractivity (Wildman–Crippen MR) is 174 cm³/mol. The predicted octanol–water partition coefficient (Wildman–Crippen LogP) is 3.64. The van der Waals surface area contributed by atoms with Crippen molar-refractivity contribution in [3.05, 3.63) is 76.8 Å². The Morgan fingerprint density at radius 1 is 1.20 bits per heavy atom. The maximum Gasteiger partial charge on any atom is 0.276 e. The number of hydrogen-bond acceptors (Lipinski definition) is 8. The summed E-state index contributed by atoms with van der Waals surface area (Å²) >= 11 is 0. The number of carbonyl (C=O) groups excluding carboxylic acids is 2. The van der Waals surface area contributed by atoms with E-state index < -0.39 is 0 Å². The molecule has 0 fully saturated rings. The molecule has 2 aliphatic rings.